The number of carbonyl (C=O) groups excluding carboxylic acids is 1. The Morgan fingerprint density at radius 2 is 2.17 bits per heavy atom. The smallest absolute Gasteiger partial charge is 0.263 e. The summed E-state index contributed by atoms with van der Waals surface area (Å²) in [6.45, 7) is 3.86. The van der Waals surface area contributed by atoms with E-state index in [1.807, 2.05) is 13.8 Å². The van der Waals surface area contributed by atoms with Crippen molar-refractivity contribution in [3.8, 4) is 5.75 Å². The highest BCUT2D eigenvalue weighted by atomic mass is 32.1. The monoisotopic (exact) mass is 269 g/mol. The van der Waals surface area contributed by atoms with Crippen molar-refractivity contribution >= 4 is 27.9 Å². The lowest BCUT2D eigenvalue weighted by atomic mass is 10.3. The number of rotatable bonds is 5. The van der Waals surface area contributed by atoms with Crippen LogP contribution in [0.5, 0.6) is 5.75 Å². The molecule has 0 spiro atoms. The summed E-state index contributed by atoms with van der Waals surface area (Å²) in [6, 6.07) is 0.325. The van der Waals surface area contributed by atoms with Crippen LogP contribution < -0.4 is 21.1 Å². The molecule has 0 atom stereocenters. The second-order valence-corrected chi connectivity index (χ2v) is 5.69. The molecule has 5 nitrogen and oxygen atoms in total. The highest BCUT2D eigenvalue weighted by Gasteiger charge is 2.28. The number of amides is 1. The van der Waals surface area contributed by atoms with Gasteiger partial charge in [0.2, 0.25) is 0 Å². The van der Waals surface area contributed by atoms with E-state index in [2.05, 4.69) is 10.6 Å². The number of anilines is 2. The van der Waals surface area contributed by atoms with Crippen LogP contribution in [0.15, 0.2) is 0 Å². The fourth-order valence-electron chi connectivity index (χ4n) is 1.59. The van der Waals surface area contributed by atoms with Gasteiger partial charge in [-0.25, -0.2) is 0 Å². The SMILES string of the molecule is CNc1sc(C(=O)NC2CC2)c(N)c1OC(C)C. The zero-order valence-electron chi connectivity index (χ0n) is 10.9. The number of nitrogens with one attached hydrogen (secondary N) is 2. The molecule has 100 valence electrons. The highest BCUT2D eigenvalue weighted by Crippen LogP contribution is 2.43. The molecule has 18 heavy (non-hydrogen) atoms. The molecule has 0 aliphatic heterocycles. The van der Waals surface area contributed by atoms with Gasteiger partial charge in [0, 0.05) is 13.1 Å². The molecule has 0 saturated heterocycles. The normalized spacial score (nSPS) is 14.7. The quantitative estimate of drug-likeness (QED) is 0.764. The molecule has 0 unspecified atom stereocenters. The Balaban J connectivity index is 2.24. The number of nitrogen functional groups attached to an aromatic ring is 1. The number of thiophene rings is 1. The maximum absolute atomic E-state index is 12.0. The molecule has 1 aliphatic carbocycles. The standard InChI is InChI=1S/C12H19N3O2S/c1-6(2)17-9-8(13)10(18-12(9)14-3)11(16)15-7-4-5-7/h6-7,14H,4-5,13H2,1-3H3,(H,15,16). The van der Waals surface area contributed by atoms with Gasteiger partial charge in [-0.15, -0.1) is 11.3 Å². The lowest BCUT2D eigenvalue weighted by Crippen LogP contribution is -2.25. The Labute approximate surface area is 111 Å². The first kappa shape index (κ1) is 13.0. The lowest BCUT2D eigenvalue weighted by molar-refractivity contribution is 0.0955. The second kappa shape index (κ2) is 5.06. The van der Waals surface area contributed by atoms with Crippen molar-refractivity contribution in [1.82, 2.24) is 5.32 Å². The summed E-state index contributed by atoms with van der Waals surface area (Å²) < 4.78 is 5.66. The molecule has 4 N–H and O–H groups in total. The van der Waals surface area contributed by atoms with Crippen molar-refractivity contribution in [2.24, 2.45) is 0 Å². The van der Waals surface area contributed by atoms with Crippen molar-refractivity contribution in [2.45, 2.75) is 38.8 Å². The molecule has 1 aromatic rings. The van der Waals surface area contributed by atoms with Crippen LogP contribution in [0.1, 0.15) is 36.4 Å². The lowest BCUT2D eigenvalue weighted by Gasteiger charge is -2.11. The molecule has 0 radical (unpaired) electrons. The van der Waals surface area contributed by atoms with Gasteiger partial charge >= 0.3 is 0 Å². The van der Waals surface area contributed by atoms with Gasteiger partial charge in [0.1, 0.15) is 15.6 Å². The van der Waals surface area contributed by atoms with Gasteiger partial charge in [-0.2, -0.15) is 0 Å². The van der Waals surface area contributed by atoms with Crippen molar-refractivity contribution in [3.63, 3.8) is 0 Å². The molecule has 1 amide bonds. The summed E-state index contributed by atoms with van der Waals surface area (Å²) in [5.74, 6) is 0.480. The van der Waals surface area contributed by atoms with Crippen molar-refractivity contribution < 1.29 is 9.53 Å². The topological polar surface area (TPSA) is 76.4 Å². The van der Waals surface area contributed by atoms with Crippen LogP contribution in [0, 0.1) is 0 Å². The summed E-state index contributed by atoms with van der Waals surface area (Å²) in [5.41, 5.74) is 6.44. The molecule has 2 rings (SSSR count). The van der Waals surface area contributed by atoms with E-state index in [1.54, 1.807) is 7.05 Å². The highest BCUT2D eigenvalue weighted by molar-refractivity contribution is 7.19. The van der Waals surface area contributed by atoms with E-state index >= 15 is 0 Å². The van der Waals surface area contributed by atoms with E-state index in [0.717, 1.165) is 17.8 Å². The van der Waals surface area contributed by atoms with E-state index < -0.39 is 0 Å². The average molecular weight is 269 g/mol. The molecule has 1 saturated carbocycles. The molecular formula is C12H19N3O2S. The van der Waals surface area contributed by atoms with Gasteiger partial charge in [0.15, 0.2) is 5.75 Å². The minimum Gasteiger partial charge on any atom is -0.486 e. The summed E-state index contributed by atoms with van der Waals surface area (Å²) in [7, 11) is 1.79. The van der Waals surface area contributed by atoms with E-state index in [9.17, 15) is 4.79 Å². The molecule has 6 heteroatoms. The molecule has 0 bridgehead atoms. The zero-order valence-corrected chi connectivity index (χ0v) is 11.7. The maximum Gasteiger partial charge on any atom is 0.263 e. The van der Waals surface area contributed by atoms with Gasteiger partial charge in [0.25, 0.3) is 5.91 Å². The van der Waals surface area contributed by atoms with E-state index in [1.165, 1.54) is 11.3 Å². The van der Waals surface area contributed by atoms with Crippen LogP contribution in [0.2, 0.25) is 0 Å². The second-order valence-electron chi connectivity index (χ2n) is 4.67. The fourth-order valence-corrected chi connectivity index (χ4v) is 2.50. The van der Waals surface area contributed by atoms with Crippen molar-refractivity contribution in [1.29, 1.82) is 0 Å². The van der Waals surface area contributed by atoms with Crippen LogP contribution in [0.25, 0.3) is 0 Å². The first-order valence-electron chi connectivity index (χ1n) is 6.10. The number of hydrogen-bond donors (Lipinski definition) is 3. The van der Waals surface area contributed by atoms with Crippen LogP contribution in [0.3, 0.4) is 0 Å². The molecule has 1 aromatic heterocycles. The maximum atomic E-state index is 12.0. The number of hydrogen-bond acceptors (Lipinski definition) is 5. The summed E-state index contributed by atoms with van der Waals surface area (Å²) >= 11 is 1.33. The molecule has 0 aromatic carbocycles. The summed E-state index contributed by atoms with van der Waals surface area (Å²) in [5, 5.41) is 6.75. The predicted octanol–water partition coefficient (Wildman–Crippen LogP) is 2.05. The van der Waals surface area contributed by atoms with Gasteiger partial charge in [-0.05, 0) is 26.7 Å². The van der Waals surface area contributed by atoms with Gasteiger partial charge in [-0.1, -0.05) is 0 Å². The van der Waals surface area contributed by atoms with Gasteiger partial charge < -0.3 is 21.1 Å². The number of nitrogens with two attached hydrogens (primary N) is 1. The van der Waals surface area contributed by atoms with Gasteiger partial charge in [0.05, 0.1) is 6.10 Å². The predicted molar refractivity (Wildman–Crippen MR) is 74.5 cm³/mol. The Bertz CT molecular complexity index is 452. The van der Waals surface area contributed by atoms with Crippen molar-refractivity contribution in [3.05, 3.63) is 4.88 Å². The first-order valence-corrected chi connectivity index (χ1v) is 6.92. The minimum absolute atomic E-state index is 0.0216. The Hall–Kier alpha value is -1.43. The summed E-state index contributed by atoms with van der Waals surface area (Å²) in [4.78, 5) is 12.5. The molecule has 1 aliphatic rings. The Morgan fingerprint density at radius 3 is 2.67 bits per heavy atom. The number of ether oxygens (including phenoxy) is 1. The zero-order chi connectivity index (χ0) is 13.3. The largest absolute Gasteiger partial charge is 0.486 e. The average Bonchev–Trinajstić information content (AvgIpc) is 3.05. The molecule has 1 fully saturated rings. The van der Waals surface area contributed by atoms with Crippen LogP contribution in [0.4, 0.5) is 10.7 Å². The van der Waals surface area contributed by atoms with Crippen LogP contribution in [-0.4, -0.2) is 25.1 Å². The molecular weight excluding hydrogens is 250 g/mol. The van der Waals surface area contributed by atoms with Crippen LogP contribution >= 0.6 is 11.3 Å². The van der Waals surface area contributed by atoms with E-state index in [4.69, 9.17) is 10.5 Å². The molecule has 1 heterocycles. The van der Waals surface area contributed by atoms with E-state index in [0.29, 0.717) is 22.4 Å². The van der Waals surface area contributed by atoms with Crippen molar-refractivity contribution in [2.75, 3.05) is 18.1 Å². The minimum atomic E-state index is -0.102. The summed E-state index contributed by atoms with van der Waals surface area (Å²) in [6.07, 6.45) is 2.14. The Kier molecular flexibility index (Phi) is 3.65. The third kappa shape index (κ3) is 2.69. The number of carbonyl (C=O) groups is 1. The van der Waals surface area contributed by atoms with Gasteiger partial charge in [-0.3, -0.25) is 4.79 Å². The third-order valence-electron chi connectivity index (χ3n) is 2.60. The third-order valence-corrected chi connectivity index (χ3v) is 3.80. The first-order chi connectivity index (χ1) is 8.52. The van der Waals surface area contributed by atoms with E-state index in [-0.39, 0.29) is 12.0 Å². The Morgan fingerprint density at radius 1 is 1.50 bits per heavy atom. The van der Waals surface area contributed by atoms with Crippen LogP contribution in [-0.2, 0) is 0 Å². The fraction of sp³-hybridized carbons (Fsp3) is 0.583.